The van der Waals surface area contributed by atoms with Crippen LogP contribution in [0.1, 0.15) is 35.1 Å². The van der Waals surface area contributed by atoms with E-state index in [0.29, 0.717) is 11.4 Å². The third-order valence-electron chi connectivity index (χ3n) is 4.09. The van der Waals surface area contributed by atoms with Gasteiger partial charge in [-0.3, -0.25) is 0 Å². The molecule has 1 atom stereocenters. The van der Waals surface area contributed by atoms with Crippen LogP contribution in [-0.2, 0) is 14.8 Å². The third-order valence-corrected chi connectivity index (χ3v) is 5.79. The van der Waals surface area contributed by atoms with Crippen LogP contribution in [0.4, 0.5) is 0 Å². The summed E-state index contributed by atoms with van der Waals surface area (Å²) in [4.78, 5) is 0.424. The Morgan fingerprint density at radius 1 is 1.20 bits per heavy atom. The summed E-state index contributed by atoms with van der Waals surface area (Å²) >= 11 is 0. The van der Waals surface area contributed by atoms with E-state index in [4.69, 9.17) is 4.74 Å². The van der Waals surface area contributed by atoms with Crippen molar-refractivity contribution in [2.75, 3.05) is 13.2 Å². The summed E-state index contributed by atoms with van der Waals surface area (Å²) in [6.45, 7) is 8.70. The molecule has 0 amide bonds. The van der Waals surface area contributed by atoms with Crippen LogP contribution >= 0.6 is 0 Å². The summed E-state index contributed by atoms with van der Waals surface area (Å²) in [6.07, 6.45) is 1.94. The van der Waals surface area contributed by atoms with Gasteiger partial charge in [-0.2, -0.15) is 0 Å². The average Bonchev–Trinajstić information content (AvgIpc) is 2.87. The second-order valence-electron chi connectivity index (χ2n) is 5.58. The maximum absolute atomic E-state index is 12.6. The van der Waals surface area contributed by atoms with E-state index in [2.05, 4.69) is 4.72 Å². The van der Waals surface area contributed by atoms with Gasteiger partial charge in [-0.1, -0.05) is 6.07 Å². The summed E-state index contributed by atoms with van der Waals surface area (Å²) in [6, 6.07) is 2.03. The lowest BCUT2D eigenvalue weighted by molar-refractivity contribution is 0.114. The van der Waals surface area contributed by atoms with Gasteiger partial charge in [-0.15, -0.1) is 0 Å². The maximum atomic E-state index is 12.6. The number of nitrogens with one attached hydrogen (secondary N) is 1. The molecule has 0 radical (unpaired) electrons. The highest BCUT2D eigenvalue weighted by atomic mass is 32.2. The lowest BCUT2D eigenvalue weighted by atomic mass is 10.0. The molecule has 5 heteroatoms. The predicted octanol–water partition coefficient (Wildman–Crippen LogP) is 2.38. The molecule has 1 fully saturated rings. The molecular weight excluding hydrogens is 274 g/mol. The molecular formula is C15H23NO3S. The Morgan fingerprint density at radius 3 is 2.30 bits per heavy atom. The standard InChI is InChI=1S/C15H23NO3S/c1-10-8-11(2)13(4)15(12(10)3)20(17,18)16-9-14-6-5-7-19-14/h8,14,16H,5-7,9H2,1-4H3/t14-/m0/s1. The Balaban J connectivity index is 2.29. The monoisotopic (exact) mass is 297 g/mol. The molecule has 0 aromatic heterocycles. The van der Waals surface area contributed by atoms with Crippen LogP contribution in [0.3, 0.4) is 0 Å². The van der Waals surface area contributed by atoms with E-state index in [0.717, 1.165) is 41.7 Å². The van der Waals surface area contributed by atoms with Crippen molar-refractivity contribution in [3.8, 4) is 0 Å². The van der Waals surface area contributed by atoms with Crippen LogP contribution in [0, 0.1) is 27.7 Å². The van der Waals surface area contributed by atoms with Crippen LogP contribution in [0.5, 0.6) is 0 Å². The maximum Gasteiger partial charge on any atom is 0.241 e. The zero-order chi connectivity index (χ0) is 14.9. The van der Waals surface area contributed by atoms with E-state index in [1.165, 1.54) is 0 Å². The average molecular weight is 297 g/mol. The fraction of sp³-hybridized carbons (Fsp3) is 0.600. The predicted molar refractivity (Wildman–Crippen MR) is 79.6 cm³/mol. The largest absolute Gasteiger partial charge is 0.377 e. The minimum atomic E-state index is -3.48. The molecule has 2 rings (SSSR count). The molecule has 1 saturated heterocycles. The fourth-order valence-electron chi connectivity index (χ4n) is 2.66. The van der Waals surface area contributed by atoms with Gasteiger partial charge in [0.05, 0.1) is 11.0 Å². The smallest absolute Gasteiger partial charge is 0.241 e. The van der Waals surface area contributed by atoms with Gasteiger partial charge in [0.2, 0.25) is 10.0 Å². The van der Waals surface area contributed by atoms with Gasteiger partial charge in [0.1, 0.15) is 0 Å². The number of rotatable bonds is 4. The topological polar surface area (TPSA) is 55.4 Å². The third kappa shape index (κ3) is 3.05. The minimum absolute atomic E-state index is 0.0105. The van der Waals surface area contributed by atoms with Crippen LogP contribution in [0.25, 0.3) is 0 Å². The molecule has 112 valence electrons. The van der Waals surface area contributed by atoms with Crippen LogP contribution in [0.2, 0.25) is 0 Å². The van der Waals surface area contributed by atoms with Gasteiger partial charge in [0.25, 0.3) is 0 Å². The van der Waals surface area contributed by atoms with Gasteiger partial charge in [-0.25, -0.2) is 13.1 Å². The summed E-state index contributed by atoms with van der Waals surface area (Å²) in [7, 11) is -3.48. The zero-order valence-electron chi connectivity index (χ0n) is 12.6. The number of sulfonamides is 1. The summed E-state index contributed by atoms with van der Waals surface area (Å²) in [5.74, 6) is 0. The van der Waals surface area contributed by atoms with Crippen molar-refractivity contribution in [1.82, 2.24) is 4.72 Å². The SMILES string of the molecule is Cc1cc(C)c(C)c(S(=O)(=O)NC[C@@H]2CCCO2)c1C. The van der Waals surface area contributed by atoms with Crippen molar-refractivity contribution >= 4 is 10.0 Å². The second-order valence-corrected chi connectivity index (χ2v) is 7.28. The van der Waals surface area contributed by atoms with Crippen LogP contribution < -0.4 is 4.72 Å². The first-order valence-electron chi connectivity index (χ1n) is 7.01. The number of ether oxygens (including phenoxy) is 1. The second kappa shape index (κ2) is 5.84. The zero-order valence-corrected chi connectivity index (χ0v) is 13.4. The Labute approximate surface area is 121 Å². The highest BCUT2D eigenvalue weighted by Crippen LogP contribution is 2.26. The van der Waals surface area contributed by atoms with Gasteiger partial charge < -0.3 is 4.74 Å². The fourth-order valence-corrected chi connectivity index (χ4v) is 4.34. The molecule has 0 aliphatic carbocycles. The van der Waals surface area contributed by atoms with E-state index < -0.39 is 10.0 Å². The Morgan fingerprint density at radius 2 is 1.80 bits per heavy atom. The number of benzene rings is 1. The first kappa shape index (κ1) is 15.5. The molecule has 1 heterocycles. The molecule has 0 spiro atoms. The normalized spacial score (nSPS) is 19.5. The van der Waals surface area contributed by atoms with Crippen molar-refractivity contribution < 1.29 is 13.2 Å². The van der Waals surface area contributed by atoms with Crippen molar-refractivity contribution in [2.45, 2.75) is 51.5 Å². The molecule has 1 N–H and O–H groups in total. The molecule has 0 bridgehead atoms. The summed E-state index contributed by atoms with van der Waals surface area (Å²) in [5, 5.41) is 0. The molecule has 20 heavy (non-hydrogen) atoms. The van der Waals surface area contributed by atoms with Gasteiger partial charge >= 0.3 is 0 Å². The molecule has 0 saturated carbocycles. The first-order chi connectivity index (χ1) is 9.33. The van der Waals surface area contributed by atoms with Crippen LogP contribution in [0.15, 0.2) is 11.0 Å². The summed E-state index contributed by atoms with van der Waals surface area (Å²) in [5.41, 5.74) is 3.66. The highest BCUT2D eigenvalue weighted by molar-refractivity contribution is 7.89. The van der Waals surface area contributed by atoms with E-state index in [-0.39, 0.29) is 6.10 Å². The van der Waals surface area contributed by atoms with Gasteiger partial charge in [-0.05, 0) is 62.8 Å². The minimum Gasteiger partial charge on any atom is -0.377 e. The number of aryl methyl sites for hydroxylation is 2. The first-order valence-corrected chi connectivity index (χ1v) is 8.50. The Kier molecular flexibility index (Phi) is 4.52. The van der Waals surface area contributed by atoms with Gasteiger partial charge in [0.15, 0.2) is 0 Å². The van der Waals surface area contributed by atoms with E-state index in [1.807, 2.05) is 33.8 Å². The molecule has 1 aliphatic rings. The quantitative estimate of drug-likeness (QED) is 0.928. The molecule has 1 aromatic rings. The molecule has 4 nitrogen and oxygen atoms in total. The lowest BCUT2D eigenvalue weighted by Gasteiger charge is -2.17. The number of hydrogen-bond acceptors (Lipinski definition) is 3. The molecule has 1 aliphatic heterocycles. The Bertz CT molecular complexity index is 576. The Hall–Kier alpha value is -0.910. The van der Waals surface area contributed by atoms with Crippen LogP contribution in [-0.4, -0.2) is 27.7 Å². The van der Waals surface area contributed by atoms with Crippen molar-refractivity contribution in [3.63, 3.8) is 0 Å². The number of hydrogen-bond donors (Lipinski definition) is 1. The van der Waals surface area contributed by atoms with E-state index in [1.54, 1.807) is 0 Å². The van der Waals surface area contributed by atoms with Crippen molar-refractivity contribution in [2.24, 2.45) is 0 Å². The molecule has 0 unspecified atom stereocenters. The highest BCUT2D eigenvalue weighted by Gasteiger charge is 2.24. The van der Waals surface area contributed by atoms with Gasteiger partial charge in [0, 0.05) is 13.2 Å². The van der Waals surface area contributed by atoms with Crippen molar-refractivity contribution in [3.05, 3.63) is 28.3 Å². The molecule has 1 aromatic carbocycles. The lowest BCUT2D eigenvalue weighted by Crippen LogP contribution is -2.32. The van der Waals surface area contributed by atoms with Crippen molar-refractivity contribution in [1.29, 1.82) is 0 Å². The van der Waals surface area contributed by atoms with E-state index in [9.17, 15) is 8.42 Å². The van der Waals surface area contributed by atoms with E-state index >= 15 is 0 Å². The summed E-state index contributed by atoms with van der Waals surface area (Å²) < 4.78 is 33.3.